The van der Waals surface area contributed by atoms with E-state index in [2.05, 4.69) is 11.8 Å². The Hall–Kier alpha value is -0.570. The van der Waals surface area contributed by atoms with Crippen molar-refractivity contribution in [1.82, 2.24) is 4.90 Å². The lowest BCUT2D eigenvalue weighted by atomic mass is 9.94. The molecule has 1 aliphatic rings. The smallest absolute Gasteiger partial charge is 0.108 e. The van der Waals surface area contributed by atoms with Crippen LogP contribution in [0.4, 0.5) is 0 Å². The van der Waals surface area contributed by atoms with Crippen molar-refractivity contribution in [3.8, 4) is 0 Å². The van der Waals surface area contributed by atoms with E-state index < -0.39 is 0 Å². The van der Waals surface area contributed by atoms with E-state index in [0.717, 1.165) is 19.0 Å². The third-order valence-electron chi connectivity index (χ3n) is 3.13. The van der Waals surface area contributed by atoms with E-state index in [1.54, 1.807) is 0 Å². The van der Waals surface area contributed by atoms with Crippen molar-refractivity contribution < 1.29 is 0 Å². The standard InChI is InChI=1S/C10H21N3/c1-3-9-5-4-6-13(7-9)8(2)10(11)12/h8-9H,3-7H2,1-2H3,(H3,11,12). The fourth-order valence-electron chi connectivity index (χ4n) is 1.98. The second-order valence-corrected chi connectivity index (χ2v) is 4.04. The van der Waals surface area contributed by atoms with Gasteiger partial charge in [-0.05, 0) is 32.2 Å². The van der Waals surface area contributed by atoms with Crippen LogP contribution in [0.25, 0.3) is 0 Å². The normalized spacial score (nSPS) is 27.1. The maximum Gasteiger partial charge on any atom is 0.108 e. The van der Waals surface area contributed by atoms with Crippen molar-refractivity contribution in [3.63, 3.8) is 0 Å². The zero-order valence-electron chi connectivity index (χ0n) is 8.71. The van der Waals surface area contributed by atoms with Gasteiger partial charge in [-0.2, -0.15) is 0 Å². The van der Waals surface area contributed by atoms with Crippen LogP contribution in [0.15, 0.2) is 0 Å². The molecule has 76 valence electrons. The van der Waals surface area contributed by atoms with Crippen LogP contribution in [0.2, 0.25) is 0 Å². The summed E-state index contributed by atoms with van der Waals surface area (Å²) in [6.07, 6.45) is 3.86. The predicted octanol–water partition coefficient (Wildman–Crippen LogP) is 1.43. The highest BCUT2D eigenvalue weighted by atomic mass is 15.2. The van der Waals surface area contributed by atoms with Gasteiger partial charge in [0.15, 0.2) is 0 Å². The molecule has 3 heteroatoms. The number of nitrogens with two attached hydrogens (primary N) is 1. The van der Waals surface area contributed by atoms with Gasteiger partial charge in [-0.3, -0.25) is 10.3 Å². The summed E-state index contributed by atoms with van der Waals surface area (Å²) >= 11 is 0. The number of rotatable bonds is 3. The molecule has 3 N–H and O–H groups in total. The van der Waals surface area contributed by atoms with Crippen LogP contribution in [-0.4, -0.2) is 29.9 Å². The first-order valence-electron chi connectivity index (χ1n) is 5.23. The van der Waals surface area contributed by atoms with Gasteiger partial charge in [0.25, 0.3) is 0 Å². The first-order valence-corrected chi connectivity index (χ1v) is 5.23. The minimum absolute atomic E-state index is 0.134. The summed E-state index contributed by atoms with van der Waals surface area (Å²) in [6, 6.07) is 0.134. The molecule has 1 aliphatic heterocycles. The molecule has 0 spiro atoms. The van der Waals surface area contributed by atoms with Gasteiger partial charge >= 0.3 is 0 Å². The van der Waals surface area contributed by atoms with Gasteiger partial charge in [0.05, 0.1) is 6.04 Å². The van der Waals surface area contributed by atoms with Crippen LogP contribution in [0.3, 0.4) is 0 Å². The molecular weight excluding hydrogens is 162 g/mol. The highest BCUT2D eigenvalue weighted by molar-refractivity contribution is 5.82. The van der Waals surface area contributed by atoms with Crippen molar-refractivity contribution in [2.24, 2.45) is 11.7 Å². The molecule has 0 bridgehead atoms. The molecular formula is C10H21N3. The van der Waals surface area contributed by atoms with Crippen molar-refractivity contribution in [2.75, 3.05) is 13.1 Å². The van der Waals surface area contributed by atoms with Crippen LogP contribution in [0, 0.1) is 11.3 Å². The fourth-order valence-corrected chi connectivity index (χ4v) is 1.98. The third-order valence-corrected chi connectivity index (χ3v) is 3.13. The number of nitrogens with one attached hydrogen (secondary N) is 1. The second kappa shape index (κ2) is 4.61. The summed E-state index contributed by atoms with van der Waals surface area (Å²) in [7, 11) is 0. The van der Waals surface area contributed by atoms with Crippen LogP contribution in [0.5, 0.6) is 0 Å². The highest BCUT2D eigenvalue weighted by Gasteiger charge is 2.23. The molecule has 1 rings (SSSR count). The molecule has 1 heterocycles. The van der Waals surface area contributed by atoms with E-state index in [9.17, 15) is 0 Å². The number of piperidine rings is 1. The number of nitrogens with zero attached hydrogens (tertiary/aromatic N) is 1. The van der Waals surface area contributed by atoms with Crippen molar-refractivity contribution >= 4 is 5.84 Å². The van der Waals surface area contributed by atoms with E-state index in [-0.39, 0.29) is 6.04 Å². The Kier molecular flexibility index (Phi) is 3.72. The van der Waals surface area contributed by atoms with Gasteiger partial charge in [-0.1, -0.05) is 13.3 Å². The first-order chi connectivity index (χ1) is 6.15. The fraction of sp³-hybridized carbons (Fsp3) is 0.900. The van der Waals surface area contributed by atoms with Gasteiger partial charge in [0.2, 0.25) is 0 Å². The monoisotopic (exact) mass is 183 g/mol. The second-order valence-electron chi connectivity index (χ2n) is 4.04. The van der Waals surface area contributed by atoms with Crippen molar-refractivity contribution in [3.05, 3.63) is 0 Å². The Morgan fingerprint density at radius 1 is 1.69 bits per heavy atom. The molecule has 1 fully saturated rings. The van der Waals surface area contributed by atoms with E-state index in [1.165, 1.54) is 19.3 Å². The average Bonchev–Trinajstić information content (AvgIpc) is 2.16. The van der Waals surface area contributed by atoms with E-state index >= 15 is 0 Å². The van der Waals surface area contributed by atoms with Crippen LogP contribution in [0.1, 0.15) is 33.1 Å². The Balaban J connectivity index is 2.46. The summed E-state index contributed by atoms with van der Waals surface area (Å²) in [4.78, 5) is 2.33. The van der Waals surface area contributed by atoms with Crippen LogP contribution in [-0.2, 0) is 0 Å². The number of hydrogen-bond acceptors (Lipinski definition) is 2. The lowest BCUT2D eigenvalue weighted by Crippen LogP contribution is -2.47. The highest BCUT2D eigenvalue weighted by Crippen LogP contribution is 2.20. The number of likely N-dealkylation sites (tertiary alicyclic amines) is 1. The number of amidine groups is 1. The quantitative estimate of drug-likeness (QED) is 0.514. The molecule has 0 aromatic heterocycles. The minimum atomic E-state index is 0.134. The lowest BCUT2D eigenvalue weighted by molar-refractivity contribution is 0.157. The minimum Gasteiger partial charge on any atom is -0.386 e. The van der Waals surface area contributed by atoms with Crippen LogP contribution >= 0.6 is 0 Å². The summed E-state index contributed by atoms with van der Waals surface area (Å²) in [6.45, 7) is 6.50. The predicted molar refractivity (Wildman–Crippen MR) is 56.0 cm³/mol. The maximum absolute atomic E-state index is 7.40. The molecule has 0 amide bonds. The van der Waals surface area contributed by atoms with Crippen molar-refractivity contribution in [2.45, 2.75) is 39.2 Å². The van der Waals surface area contributed by atoms with E-state index in [0.29, 0.717) is 5.84 Å². The van der Waals surface area contributed by atoms with E-state index in [1.807, 2.05) is 6.92 Å². The van der Waals surface area contributed by atoms with Gasteiger partial charge in [-0.15, -0.1) is 0 Å². The molecule has 3 nitrogen and oxygen atoms in total. The molecule has 2 unspecified atom stereocenters. The molecule has 0 aromatic rings. The van der Waals surface area contributed by atoms with Crippen LogP contribution < -0.4 is 5.73 Å². The molecule has 2 atom stereocenters. The summed E-state index contributed by atoms with van der Waals surface area (Å²) in [5.41, 5.74) is 5.50. The Morgan fingerprint density at radius 2 is 2.38 bits per heavy atom. The molecule has 0 radical (unpaired) electrons. The number of hydrogen-bond donors (Lipinski definition) is 2. The van der Waals surface area contributed by atoms with Gasteiger partial charge in [0.1, 0.15) is 5.84 Å². The Morgan fingerprint density at radius 3 is 2.92 bits per heavy atom. The average molecular weight is 183 g/mol. The molecule has 0 aliphatic carbocycles. The van der Waals surface area contributed by atoms with Gasteiger partial charge in [0, 0.05) is 6.54 Å². The zero-order valence-corrected chi connectivity index (χ0v) is 8.71. The SMILES string of the molecule is CCC1CCCN(C(C)C(=N)N)C1. The Labute approximate surface area is 80.8 Å². The zero-order chi connectivity index (χ0) is 9.84. The molecule has 0 saturated carbocycles. The van der Waals surface area contributed by atoms with Gasteiger partial charge < -0.3 is 5.73 Å². The molecule has 0 aromatic carbocycles. The third kappa shape index (κ3) is 2.69. The summed E-state index contributed by atoms with van der Waals surface area (Å²) in [5.74, 6) is 1.12. The lowest BCUT2D eigenvalue weighted by Gasteiger charge is -2.35. The summed E-state index contributed by atoms with van der Waals surface area (Å²) < 4.78 is 0. The van der Waals surface area contributed by atoms with Crippen molar-refractivity contribution in [1.29, 1.82) is 5.41 Å². The topological polar surface area (TPSA) is 53.1 Å². The first kappa shape index (κ1) is 10.5. The van der Waals surface area contributed by atoms with E-state index in [4.69, 9.17) is 11.1 Å². The Bertz CT molecular complexity index is 179. The largest absolute Gasteiger partial charge is 0.386 e. The maximum atomic E-state index is 7.40. The molecule has 1 saturated heterocycles. The van der Waals surface area contributed by atoms with Gasteiger partial charge in [-0.25, -0.2) is 0 Å². The summed E-state index contributed by atoms with van der Waals surface area (Å²) in [5, 5.41) is 7.40. The molecule has 13 heavy (non-hydrogen) atoms.